The van der Waals surface area contributed by atoms with Crippen LogP contribution in [-0.4, -0.2) is 35.8 Å². The van der Waals surface area contributed by atoms with Crippen molar-refractivity contribution in [2.45, 2.75) is 12.6 Å². The SMILES string of the molecule is O=C(O)c1c(I)cc(I)c(OC(=O)C2C3C=CC(C3)C2C(=O)OCC(F)(F)F)c1I. The average molecular weight is 762 g/mol. The highest BCUT2D eigenvalue weighted by Crippen LogP contribution is 2.49. The summed E-state index contributed by atoms with van der Waals surface area (Å²) in [4.78, 5) is 36.8. The van der Waals surface area contributed by atoms with Gasteiger partial charge in [0.2, 0.25) is 0 Å². The Balaban J connectivity index is 1.86. The minimum Gasteiger partial charge on any atom is -0.478 e. The summed E-state index contributed by atoms with van der Waals surface area (Å²) in [5.74, 6) is -5.87. The highest BCUT2D eigenvalue weighted by atomic mass is 127. The third kappa shape index (κ3) is 4.88. The second kappa shape index (κ2) is 9.07. The third-order valence-electron chi connectivity index (χ3n) is 4.93. The second-order valence-electron chi connectivity index (χ2n) is 6.81. The van der Waals surface area contributed by atoms with Crippen LogP contribution < -0.4 is 4.74 Å². The quantitative estimate of drug-likeness (QED) is 0.204. The van der Waals surface area contributed by atoms with Gasteiger partial charge in [-0.05, 0) is 92.1 Å². The van der Waals surface area contributed by atoms with E-state index in [1.807, 2.05) is 45.2 Å². The molecule has 0 radical (unpaired) electrons. The Hall–Kier alpha value is -0.650. The van der Waals surface area contributed by atoms with Gasteiger partial charge in [-0.2, -0.15) is 13.2 Å². The molecule has 12 heteroatoms. The van der Waals surface area contributed by atoms with Gasteiger partial charge in [-0.15, -0.1) is 0 Å². The summed E-state index contributed by atoms with van der Waals surface area (Å²) in [5.41, 5.74) is -0.0200. The first-order valence-electron chi connectivity index (χ1n) is 8.45. The van der Waals surface area contributed by atoms with Crippen LogP contribution in [0.2, 0.25) is 0 Å². The molecule has 1 fully saturated rings. The number of carboxylic acids is 1. The number of carboxylic acid groups (broad SMARTS) is 1. The van der Waals surface area contributed by atoms with Crippen LogP contribution in [0, 0.1) is 34.4 Å². The number of carbonyl (C=O) groups excluding carboxylic acids is 2. The average Bonchev–Trinajstić information content (AvgIpc) is 3.23. The Morgan fingerprint density at radius 3 is 2.13 bits per heavy atom. The molecule has 6 nitrogen and oxygen atoms in total. The van der Waals surface area contributed by atoms with Crippen LogP contribution in [-0.2, 0) is 14.3 Å². The first-order valence-corrected chi connectivity index (χ1v) is 11.7. The zero-order valence-corrected chi connectivity index (χ0v) is 21.2. The third-order valence-corrected chi connectivity index (χ3v) is 7.61. The molecule has 4 unspecified atom stereocenters. The number of rotatable bonds is 5. The Bertz CT molecular complexity index is 946. The van der Waals surface area contributed by atoms with Crippen molar-refractivity contribution >= 4 is 85.7 Å². The van der Waals surface area contributed by atoms with Gasteiger partial charge in [0, 0.05) is 3.57 Å². The first kappa shape index (κ1) is 24.0. The number of carbonyl (C=O) groups is 3. The summed E-state index contributed by atoms with van der Waals surface area (Å²) in [6.45, 7) is -1.72. The van der Waals surface area contributed by atoms with E-state index in [-0.39, 0.29) is 20.8 Å². The van der Waals surface area contributed by atoms with E-state index in [9.17, 15) is 32.7 Å². The number of esters is 2. The topological polar surface area (TPSA) is 89.9 Å². The molecule has 0 heterocycles. The summed E-state index contributed by atoms with van der Waals surface area (Å²) < 4.78 is 48.4. The maximum atomic E-state index is 12.9. The predicted molar refractivity (Wildman–Crippen MR) is 122 cm³/mol. The van der Waals surface area contributed by atoms with Crippen LogP contribution in [0.3, 0.4) is 0 Å². The van der Waals surface area contributed by atoms with E-state index in [1.54, 1.807) is 40.8 Å². The molecule has 1 saturated carbocycles. The van der Waals surface area contributed by atoms with E-state index >= 15 is 0 Å². The smallest absolute Gasteiger partial charge is 0.422 e. The Morgan fingerprint density at radius 2 is 1.60 bits per heavy atom. The molecule has 1 aromatic carbocycles. The van der Waals surface area contributed by atoms with Gasteiger partial charge in [-0.3, -0.25) is 9.59 Å². The van der Waals surface area contributed by atoms with E-state index in [1.165, 1.54) is 0 Å². The summed E-state index contributed by atoms with van der Waals surface area (Å²) in [5, 5.41) is 9.42. The van der Waals surface area contributed by atoms with Crippen molar-refractivity contribution < 1.29 is 42.1 Å². The maximum Gasteiger partial charge on any atom is 0.422 e. The lowest BCUT2D eigenvalue weighted by Crippen LogP contribution is -2.38. The van der Waals surface area contributed by atoms with Crippen LogP contribution >= 0.6 is 67.8 Å². The van der Waals surface area contributed by atoms with Crippen molar-refractivity contribution in [3.05, 3.63) is 34.5 Å². The minimum absolute atomic E-state index is 0.0200. The standard InChI is InChI=1S/C18H12F3I3O6/c19-18(20,21)5-29-16(27)10-6-1-2-7(3-6)11(10)17(28)30-14-9(23)4-8(22)12(13(14)24)15(25)26/h1-2,4,6-7,10-11H,3,5H2,(H,25,26). The number of alkyl halides is 3. The molecule has 1 N–H and O–H groups in total. The largest absolute Gasteiger partial charge is 0.478 e. The van der Waals surface area contributed by atoms with Crippen molar-refractivity contribution in [1.82, 2.24) is 0 Å². The number of halogens is 6. The second-order valence-corrected chi connectivity index (χ2v) is 10.2. The predicted octanol–water partition coefficient (Wildman–Crippen LogP) is 4.65. The van der Waals surface area contributed by atoms with Gasteiger partial charge >= 0.3 is 24.1 Å². The Kier molecular flexibility index (Phi) is 7.26. The fourth-order valence-electron chi connectivity index (χ4n) is 3.74. The van der Waals surface area contributed by atoms with E-state index in [2.05, 4.69) is 4.74 Å². The van der Waals surface area contributed by atoms with Gasteiger partial charge in [0.25, 0.3) is 0 Å². The lowest BCUT2D eigenvalue weighted by Gasteiger charge is -2.25. The number of benzene rings is 1. The molecule has 0 saturated heterocycles. The molecule has 0 spiro atoms. The van der Waals surface area contributed by atoms with Gasteiger partial charge in [0.1, 0.15) is 0 Å². The molecule has 4 atom stereocenters. The maximum absolute atomic E-state index is 12.9. The highest BCUT2D eigenvalue weighted by molar-refractivity contribution is 14.1. The zero-order valence-electron chi connectivity index (χ0n) is 14.7. The van der Waals surface area contributed by atoms with Crippen LogP contribution in [0.15, 0.2) is 18.2 Å². The number of fused-ring (bicyclic) bond motifs is 2. The van der Waals surface area contributed by atoms with Crippen molar-refractivity contribution in [1.29, 1.82) is 0 Å². The first-order chi connectivity index (χ1) is 13.9. The van der Waals surface area contributed by atoms with E-state index in [4.69, 9.17) is 4.74 Å². The number of allylic oxidation sites excluding steroid dienone is 2. The molecule has 0 amide bonds. The van der Waals surface area contributed by atoms with Crippen LogP contribution in [0.4, 0.5) is 13.2 Å². The fourth-order valence-corrected chi connectivity index (χ4v) is 7.80. The lowest BCUT2D eigenvalue weighted by molar-refractivity contribution is -0.191. The van der Waals surface area contributed by atoms with Gasteiger partial charge in [0.05, 0.1) is 24.5 Å². The number of aromatic carboxylic acids is 1. The molecular formula is C18H12F3I3O6. The van der Waals surface area contributed by atoms with Gasteiger partial charge in [-0.1, -0.05) is 12.2 Å². The van der Waals surface area contributed by atoms with Crippen molar-refractivity contribution in [3.63, 3.8) is 0 Å². The van der Waals surface area contributed by atoms with Crippen molar-refractivity contribution in [2.24, 2.45) is 23.7 Å². The van der Waals surface area contributed by atoms with Crippen molar-refractivity contribution in [2.75, 3.05) is 6.61 Å². The van der Waals surface area contributed by atoms with Crippen LogP contribution in [0.25, 0.3) is 0 Å². The number of hydrogen-bond donors (Lipinski definition) is 1. The molecule has 2 aliphatic rings. The monoisotopic (exact) mass is 762 g/mol. The minimum atomic E-state index is -4.67. The highest BCUT2D eigenvalue weighted by Gasteiger charge is 2.53. The summed E-state index contributed by atoms with van der Waals surface area (Å²) in [6, 6.07) is 1.55. The number of hydrogen-bond acceptors (Lipinski definition) is 5. The lowest BCUT2D eigenvalue weighted by atomic mass is 9.83. The Morgan fingerprint density at radius 1 is 1.03 bits per heavy atom. The normalized spacial score (nSPS) is 24.7. The molecule has 2 aliphatic carbocycles. The van der Waals surface area contributed by atoms with Crippen LogP contribution in [0.5, 0.6) is 5.75 Å². The van der Waals surface area contributed by atoms with E-state index in [0.29, 0.717) is 13.6 Å². The van der Waals surface area contributed by atoms with E-state index < -0.39 is 48.4 Å². The Labute approximate surface area is 209 Å². The van der Waals surface area contributed by atoms with Crippen molar-refractivity contribution in [3.8, 4) is 5.75 Å². The molecule has 1 aromatic rings. The fraction of sp³-hybridized carbons (Fsp3) is 0.389. The van der Waals surface area contributed by atoms with Crippen LogP contribution in [0.1, 0.15) is 16.8 Å². The number of ether oxygens (including phenoxy) is 2. The van der Waals surface area contributed by atoms with E-state index in [0.717, 1.165) is 0 Å². The summed E-state index contributed by atoms with van der Waals surface area (Å²) in [7, 11) is 0. The molecule has 0 aliphatic heterocycles. The molecule has 2 bridgehead atoms. The molecule has 162 valence electrons. The molecular weight excluding hydrogens is 750 g/mol. The van der Waals surface area contributed by atoms with Gasteiger partial charge in [0.15, 0.2) is 12.4 Å². The summed E-state index contributed by atoms with van der Waals surface area (Å²) in [6.07, 6.45) is -0.780. The van der Waals surface area contributed by atoms with Gasteiger partial charge in [-0.25, -0.2) is 4.79 Å². The molecule has 30 heavy (non-hydrogen) atoms. The summed E-state index contributed by atoms with van der Waals surface area (Å²) >= 11 is 5.54. The molecule has 3 rings (SSSR count). The van der Waals surface area contributed by atoms with Gasteiger partial charge < -0.3 is 14.6 Å². The molecule has 0 aromatic heterocycles. The zero-order chi connectivity index (χ0) is 22.4.